The molecule has 2 atom stereocenters. The lowest BCUT2D eigenvalue weighted by molar-refractivity contribution is -0.143. The van der Waals surface area contributed by atoms with E-state index in [0.29, 0.717) is 6.04 Å². The summed E-state index contributed by atoms with van der Waals surface area (Å²) in [5.41, 5.74) is 0. The number of carboxylic acids is 1. The van der Waals surface area contributed by atoms with E-state index in [1.165, 1.54) is 0 Å². The second kappa shape index (κ2) is 4.61. The molecule has 3 heteroatoms. The van der Waals surface area contributed by atoms with Gasteiger partial charge in [0, 0.05) is 6.04 Å². The number of rotatable bonds is 3. The van der Waals surface area contributed by atoms with E-state index < -0.39 is 5.97 Å². The highest BCUT2D eigenvalue weighted by Crippen LogP contribution is 2.27. The molecule has 1 aliphatic carbocycles. The van der Waals surface area contributed by atoms with Crippen LogP contribution in [0.3, 0.4) is 0 Å². The molecule has 0 radical (unpaired) electrons. The van der Waals surface area contributed by atoms with E-state index in [-0.39, 0.29) is 5.92 Å². The Morgan fingerprint density at radius 3 is 2.77 bits per heavy atom. The normalized spacial score (nSPS) is 29.2. The molecule has 76 valence electrons. The lowest BCUT2D eigenvalue weighted by Gasteiger charge is -2.33. The summed E-state index contributed by atoms with van der Waals surface area (Å²) in [7, 11) is 2.08. The first kappa shape index (κ1) is 10.5. The van der Waals surface area contributed by atoms with Crippen molar-refractivity contribution in [3.05, 3.63) is 0 Å². The Kier molecular flexibility index (Phi) is 3.72. The van der Waals surface area contributed by atoms with E-state index in [0.717, 1.165) is 32.2 Å². The maximum atomic E-state index is 10.8. The van der Waals surface area contributed by atoms with E-state index in [2.05, 4.69) is 18.9 Å². The molecule has 1 aliphatic rings. The Bertz CT molecular complexity index is 182. The first-order valence-electron chi connectivity index (χ1n) is 5.08. The van der Waals surface area contributed by atoms with Gasteiger partial charge < -0.3 is 10.0 Å². The topological polar surface area (TPSA) is 40.5 Å². The molecular formula is C10H19NO2. The molecule has 0 aliphatic heterocycles. The van der Waals surface area contributed by atoms with Gasteiger partial charge in [0.05, 0.1) is 5.92 Å². The van der Waals surface area contributed by atoms with Crippen LogP contribution in [0, 0.1) is 5.92 Å². The van der Waals surface area contributed by atoms with Crippen LogP contribution in [-0.2, 0) is 4.79 Å². The SMILES string of the molecule is CCN(C)C1CCCC(C(=O)O)C1. The van der Waals surface area contributed by atoms with Gasteiger partial charge >= 0.3 is 5.97 Å². The van der Waals surface area contributed by atoms with Gasteiger partial charge in [-0.1, -0.05) is 13.3 Å². The van der Waals surface area contributed by atoms with Gasteiger partial charge in [-0.25, -0.2) is 0 Å². The summed E-state index contributed by atoms with van der Waals surface area (Å²) >= 11 is 0. The van der Waals surface area contributed by atoms with Crippen molar-refractivity contribution in [2.24, 2.45) is 5.92 Å². The lowest BCUT2D eigenvalue weighted by Crippen LogP contribution is -2.37. The molecule has 0 heterocycles. The molecule has 1 N–H and O–H groups in total. The van der Waals surface area contributed by atoms with Crippen LogP contribution in [0.5, 0.6) is 0 Å². The van der Waals surface area contributed by atoms with E-state index in [1.807, 2.05) is 0 Å². The maximum absolute atomic E-state index is 10.8. The minimum atomic E-state index is -0.616. The molecular weight excluding hydrogens is 166 g/mol. The maximum Gasteiger partial charge on any atom is 0.306 e. The highest BCUT2D eigenvalue weighted by molar-refractivity contribution is 5.70. The Morgan fingerprint density at radius 1 is 1.54 bits per heavy atom. The predicted molar refractivity (Wildman–Crippen MR) is 51.7 cm³/mol. The third-order valence-corrected chi connectivity index (χ3v) is 3.12. The van der Waals surface area contributed by atoms with Crippen LogP contribution in [0.15, 0.2) is 0 Å². The molecule has 0 aromatic carbocycles. The second-order valence-corrected chi connectivity index (χ2v) is 3.93. The summed E-state index contributed by atoms with van der Waals surface area (Å²) in [6.45, 7) is 3.13. The number of carbonyl (C=O) groups is 1. The summed E-state index contributed by atoms with van der Waals surface area (Å²) in [5, 5.41) is 8.89. The van der Waals surface area contributed by atoms with Gasteiger partial charge in [-0.05, 0) is 32.9 Å². The van der Waals surface area contributed by atoms with E-state index in [4.69, 9.17) is 5.11 Å². The summed E-state index contributed by atoms with van der Waals surface area (Å²) in [4.78, 5) is 13.1. The van der Waals surface area contributed by atoms with Gasteiger partial charge in [-0.15, -0.1) is 0 Å². The highest BCUT2D eigenvalue weighted by atomic mass is 16.4. The summed E-state index contributed by atoms with van der Waals surface area (Å²) < 4.78 is 0. The van der Waals surface area contributed by atoms with Crippen molar-refractivity contribution in [3.63, 3.8) is 0 Å². The van der Waals surface area contributed by atoms with Crippen molar-refractivity contribution < 1.29 is 9.90 Å². The number of aliphatic carboxylic acids is 1. The average Bonchev–Trinajstić information content (AvgIpc) is 2.17. The molecule has 2 unspecified atom stereocenters. The Morgan fingerprint density at radius 2 is 2.23 bits per heavy atom. The zero-order chi connectivity index (χ0) is 9.84. The molecule has 0 bridgehead atoms. The predicted octanol–water partition coefficient (Wildman–Crippen LogP) is 1.58. The number of nitrogens with zero attached hydrogens (tertiary/aromatic N) is 1. The fraction of sp³-hybridized carbons (Fsp3) is 0.900. The molecule has 0 aromatic rings. The van der Waals surface area contributed by atoms with E-state index in [1.54, 1.807) is 0 Å². The highest BCUT2D eigenvalue weighted by Gasteiger charge is 2.28. The quantitative estimate of drug-likeness (QED) is 0.725. The Hall–Kier alpha value is -0.570. The molecule has 0 amide bonds. The van der Waals surface area contributed by atoms with E-state index >= 15 is 0 Å². The van der Waals surface area contributed by atoms with Crippen LogP contribution in [-0.4, -0.2) is 35.6 Å². The molecule has 1 saturated carbocycles. The van der Waals surface area contributed by atoms with Gasteiger partial charge in [0.15, 0.2) is 0 Å². The van der Waals surface area contributed by atoms with Crippen molar-refractivity contribution in [1.29, 1.82) is 0 Å². The molecule has 1 fully saturated rings. The van der Waals surface area contributed by atoms with Crippen LogP contribution in [0.4, 0.5) is 0 Å². The number of hydrogen-bond acceptors (Lipinski definition) is 2. The standard InChI is InChI=1S/C10H19NO2/c1-3-11(2)9-6-4-5-8(7-9)10(12)13/h8-9H,3-7H2,1-2H3,(H,12,13). The van der Waals surface area contributed by atoms with Gasteiger partial charge in [-0.3, -0.25) is 4.79 Å². The fourth-order valence-corrected chi connectivity index (χ4v) is 2.05. The van der Waals surface area contributed by atoms with E-state index in [9.17, 15) is 4.79 Å². The average molecular weight is 185 g/mol. The zero-order valence-corrected chi connectivity index (χ0v) is 8.49. The van der Waals surface area contributed by atoms with Crippen LogP contribution in [0.25, 0.3) is 0 Å². The lowest BCUT2D eigenvalue weighted by atomic mass is 9.85. The van der Waals surface area contributed by atoms with Crippen molar-refractivity contribution >= 4 is 5.97 Å². The van der Waals surface area contributed by atoms with Crippen molar-refractivity contribution in [2.75, 3.05) is 13.6 Å². The Balaban J connectivity index is 2.46. The largest absolute Gasteiger partial charge is 0.481 e. The van der Waals surface area contributed by atoms with Crippen molar-refractivity contribution in [1.82, 2.24) is 4.90 Å². The van der Waals surface area contributed by atoms with Gasteiger partial charge in [0.1, 0.15) is 0 Å². The summed E-state index contributed by atoms with van der Waals surface area (Å²) in [5.74, 6) is -0.720. The molecule has 13 heavy (non-hydrogen) atoms. The van der Waals surface area contributed by atoms with Crippen LogP contribution in [0.1, 0.15) is 32.6 Å². The minimum Gasteiger partial charge on any atom is -0.481 e. The third kappa shape index (κ3) is 2.69. The molecule has 0 spiro atoms. The number of hydrogen-bond donors (Lipinski definition) is 1. The minimum absolute atomic E-state index is 0.104. The first-order valence-corrected chi connectivity index (χ1v) is 5.08. The first-order chi connectivity index (χ1) is 6.15. The van der Waals surface area contributed by atoms with Crippen LogP contribution >= 0.6 is 0 Å². The number of carboxylic acid groups (broad SMARTS) is 1. The second-order valence-electron chi connectivity index (χ2n) is 3.93. The molecule has 3 nitrogen and oxygen atoms in total. The zero-order valence-electron chi connectivity index (χ0n) is 8.49. The van der Waals surface area contributed by atoms with Crippen molar-refractivity contribution in [2.45, 2.75) is 38.6 Å². The third-order valence-electron chi connectivity index (χ3n) is 3.12. The Labute approximate surface area is 79.7 Å². The van der Waals surface area contributed by atoms with Gasteiger partial charge in [-0.2, -0.15) is 0 Å². The van der Waals surface area contributed by atoms with Gasteiger partial charge in [0.2, 0.25) is 0 Å². The fourth-order valence-electron chi connectivity index (χ4n) is 2.05. The monoisotopic (exact) mass is 185 g/mol. The smallest absolute Gasteiger partial charge is 0.306 e. The summed E-state index contributed by atoms with van der Waals surface area (Å²) in [6, 6.07) is 0.486. The van der Waals surface area contributed by atoms with Crippen LogP contribution < -0.4 is 0 Å². The molecule has 1 rings (SSSR count). The van der Waals surface area contributed by atoms with Gasteiger partial charge in [0.25, 0.3) is 0 Å². The molecule has 0 saturated heterocycles. The van der Waals surface area contributed by atoms with Crippen LogP contribution in [0.2, 0.25) is 0 Å². The summed E-state index contributed by atoms with van der Waals surface area (Å²) in [6.07, 6.45) is 3.92. The van der Waals surface area contributed by atoms with Crippen molar-refractivity contribution in [3.8, 4) is 0 Å². The molecule has 0 aromatic heterocycles.